The summed E-state index contributed by atoms with van der Waals surface area (Å²) < 4.78 is 43.2. The molecule has 2 aliphatic rings. The van der Waals surface area contributed by atoms with Gasteiger partial charge in [0.1, 0.15) is 0 Å². The highest BCUT2D eigenvalue weighted by Crippen LogP contribution is 2.32. The molecule has 0 aliphatic carbocycles. The smallest absolute Gasteiger partial charge is 0.417 e. The molecular weight excluding hydrogens is 438 g/mol. The zero-order chi connectivity index (χ0) is 22.3. The maximum Gasteiger partial charge on any atom is 0.417 e. The third-order valence-corrected chi connectivity index (χ3v) is 7.55. The number of carbonyl (C=O) groups excluding carboxylic acids is 1. The summed E-state index contributed by atoms with van der Waals surface area (Å²) in [6, 6.07) is 9.70. The Morgan fingerprint density at radius 1 is 1.16 bits per heavy atom. The van der Waals surface area contributed by atoms with E-state index in [9.17, 15) is 18.0 Å². The summed E-state index contributed by atoms with van der Waals surface area (Å²) in [5.74, 6) is 0.00930. The van der Waals surface area contributed by atoms with Crippen molar-refractivity contribution in [2.24, 2.45) is 5.92 Å². The molecule has 1 aromatic heterocycles. The Morgan fingerprint density at radius 3 is 2.88 bits per heavy atom. The SMILES string of the molecule is O=C(NCc1ccc2c(c1)OCO2)[C@H]1CCCN(S(=O)(=O)c2ccc3[nH]c(=O)oc3c2)C1. The van der Waals surface area contributed by atoms with Gasteiger partial charge in [-0.25, -0.2) is 13.2 Å². The van der Waals surface area contributed by atoms with Crippen molar-refractivity contribution in [3.8, 4) is 11.5 Å². The number of benzene rings is 2. The molecule has 1 atom stereocenters. The average Bonchev–Trinajstić information content (AvgIpc) is 3.41. The lowest BCUT2D eigenvalue weighted by molar-refractivity contribution is -0.126. The molecule has 5 rings (SSSR count). The molecule has 0 radical (unpaired) electrons. The van der Waals surface area contributed by atoms with Gasteiger partial charge in [0.25, 0.3) is 0 Å². The lowest BCUT2D eigenvalue weighted by Gasteiger charge is -2.31. The number of nitrogens with one attached hydrogen (secondary N) is 2. The van der Waals surface area contributed by atoms with Gasteiger partial charge in [0.05, 0.1) is 16.3 Å². The molecule has 0 spiro atoms. The summed E-state index contributed by atoms with van der Waals surface area (Å²) in [5, 5.41) is 2.89. The second-order valence-electron chi connectivity index (χ2n) is 7.78. The first-order valence-corrected chi connectivity index (χ1v) is 11.6. The zero-order valence-corrected chi connectivity index (χ0v) is 17.8. The lowest BCUT2D eigenvalue weighted by Crippen LogP contribution is -2.45. The van der Waals surface area contributed by atoms with Gasteiger partial charge in [-0.3, -0.25) is 9.78 Å². The number of aromatic amines is 1. The molecule has 2 N–H and O–H groups in total. The predicted molar refractivity (Wildman–Crippen MR) is 113 cm³/mol. The molecule has 11 heteroatoms. The van der Waals surface area contributed by atoms with E-state index < -0.39 is 21.7 Å². The molecule has 0 bridgehead atoms. The highest BCUT2D eigenvalue weighted by molar-refractivity contribution is 7.89. The summed E-state index contributed by atoms with van der Waals surface area (Å²) in [5.41, 5.74) is 1.46. The first-order chi connectivity index (χ1) is 15.4. The third-order valence-electron chi connectivity index (χ3n) is 5.69. The minimum Gasteiger partial charge on any atom is -0.454 e. The number of sulfonamides is 1. The molecule has 2 aliphatic heterocycles. The monoisotopic (exact) mass is 459 g/mol. The number of aromatic nitrogens is 1. The zero-order valence-electron chi connectivity index (χ0n) is 17.0. The molecule has 1 fully saturated rings. The summed E-state index contributed by atoms with van der Waals surface area (Å²) in [4.78, 5) is 26.6. The van der Waals surface area contributed by atoms with Gasteiger partial charge in [0, 0.05) is 25.7 Å². The molecule has 0 unspecified atom stereocenters. The summed E-state index contributed by atoms with van der Waals surface area (Å²) in [6.45, 7) is 0.899. The van der Waals surface area contributed by atoms with Crippen LogP contribution in [0, 0.1) is 5.92 Å². The maximum atomic E-state index is 13.1. The fraction of sp³-hybridized carbons (Fsp3) is 0.333. The van der Waals surface area contributed by atoms with Crippen LogP contribution in [0.4, 0.5) is 0 Å². The minimum atomic E-state index is -3.84. The Bertz CT molecular complexity index is 1340. The first kappa shape index (κ1) is 20.6. The quantitative estimate of drug-likeness (QED) is 0.592. The number of hydrogen-bond acceptors (Lipinski definition) is 7. The van der Waals surface area contributed by atoms with Crippen LogP contribution in [0.1, 0.15) is 18.4 Å². The number of ether oxygens (including phenoxy) is 2. The van der Waals surface area contributed by atoms with E-state index >= 15 is 0 Å². The lowest BCUT2D eigenvalue weighted by atomic mass is 9.98. The number of amides is 1. The fourth-order valence-corrected chi connectivity index (χ4v) is 5.53. The Balaban J connectivity index is 1.26. The average molecular weight is 459 g/mol. The van der Waals surface area contributed by atoms with E-state index in [2.05, 4.69) is 10.3 Å². The molecule has 2 aromatic carbocycles. The van der Waals surface area contributed by atoms with Crippen molar-refractivity contribution < 1.29 is 27.1 Å². The van der Waals surface area contributed by atoms with Crippen LogP contribution in [-0.2, 0) is 21.4 Å². The van der Waals surface area contributed by atoms with E-state index in [1.807, 2.05) is 12.1 Å². The maximum absolute atomic E-state index is 13.1. The Labute approximate surface area is 183 Å². The van der Waals surface area contributed by atoms with Crippen LogP contribution in [0.2, 0.25) is 0 Å². The molecule has 0 saturated carbocycles. The molecule has 3 aromatic rings. The van der Waals surface area contributed by atoms with Gasteiger partial charge in [0.2, 0.25) is 22.7 Å². The second-order valence-corrected chi connectivity index (χ2v) is 9.72. The van der Waals surface area contributed by atoms with Gasteiger partial charge >= 0.3 is 5.76 Å². The van der Waals surface area contributed by atoms with Crippen LogP contribution in [0.5, 0.6) is 11.5 Å². The summed E-state index contributed by atoms with van der Waals surface area (Å²) >= 11 is 0. The fourth-order valence-electron chi connectivity index (χ4n) is 3.99. The number of piperidine rings is 1. The number of carbonyl (C=O) groups is 1. The largest absolute Gasteiger partial charge is 0.454 e. The van der Waals surface area contributed by atoms with Crippen LogP contribution in [0.3, 0.4) is 0 Å². The summed E-state index contributed by atoms with van der Waals surface area (Å²) in [7, 11) is -3.84. The molecule has 10 nitrogen and oxygen atoms in total. The molecule has 1 saturated heterocycles. The van der Waals surface area contributed by atoms with Gasteiger partial charge in [0.15, 0.2) is 17.1 Å². The van der Waals surface area contributed by atoms with Gasteiger partial charge in [-0.2, -0.15) is 4.31 Å². The number of rotatable bonds is 5. The highest BCUT2D eigenvalue weighted by Gasteiger charge is 2.33. The van der Waals surface area contributed by atoms with Crippen molar-refractivity contribution in [2.45, 2.75) is 24.3 Å². The van der Waals surface area contributed by atoms with E-state index in [1.54, 1.807) is 6.07 Å². The Morgan fingerprint density at radius 2 is 2.00 bits per heavy atom. The summed E-state index contributed by atoms with van der Waals surface area (Å²) in [6.07, 6.45) is 1.17. The van der Waals surface area contributed by atoms with Crippen LogP contribution in [0.15, 0.2) is 50.5 Å². The van der Waals surface area contributed by atoms with E-state index in [1.165, 1.54) is 22.5 Å². The van der Waals surface area contributed by atoms with Crippen molar-refractivity contribution in [1.29, 1.82) is 0 Å². The number of nitrogens with zero attached hydrogens (tertiary/aromatic N) is 1. The first-order valence-electron chi connectivity index (χ1n) is 10.2. The Kier molecular flexibility index (Phi) is 5.14. The van der Waals surface area contributed by atoms with Crippen LogP contribution in [0.25, 0.3) is 11.1 Å². The number of oxazole rings is 1. The van der Waals surface area contributed by atoms with Crippen molar-refractivity contribution in [3.05, 3.63) is 52.5 Å². The third kappa shape index (κ3) is 3.84. The predicted octanol–water partition coefficient (Wildman–Crippen LogP) is 1.57. The van der Waals surface area contributed by atoms with E-state index in [-0.39, 0.29) is 29.7 Å². The molecular formula is C21H21N3O7S. The van der Waals surface area contributed by atoms with Gasteiger partial charge in [-0.05, 0) is 42.7 Å². The molecule has 3 heterocycles. The normalized spacial score (nSPS) is 18.7. The topological polar surface area (TPSA) is 131 Å². The standard InChI is InChI=1S/C21H21N3O7S/c25-20(22-10-13-3-6-17-19(8-13)30-12-29-17)14-2-1-7-24(11-14)32(27,28)15-4-5-16-18(9-15)31-21(26)23-16/h3-6,8-9,14H,1-2,7,10-12H2,(H,22,25)(H,23,26)/t14-/m0/s1. The number of fused-ring (bicyclic) bond motifs is 2. The second kappa shape index (κ2) is 7.99. The van der Waals surface area contributed by atoms with E-state index in [0.29, 0.717) is 42.9 Å². The minimum absolute atomic E-state index is 0.0224. The van der Waals surface area contributed by atoms with Gasteiger partial charge in [-0.1, -0.05) is 6.07 Å². The van der Waals surface area contributed by atoms with E-state index in [4.69, 9.17) is 13.9 Å². The van der Waals surface area contributed by atoms with Crippen LogP contribution >= 0.6 is 0 Å². The van der Waals surface area contributed by atoms with Gasteiger partial charge < -0.3 is 19.2 Å². The molecule has 1 amide bonds. The number of H-pyrrole nitrogens is 1. The van der Waals surface area contributed by atoms with Crippen molar-refractivity contribution in [3.63, 3.8) is 0 Å². The van der Waals surface area contributed by atoms with Crippen molar-refractivity contribution >= 4 is 27.0 Å². The van der Waals surface area contributed by atoms with Crippen molar-refractivity contribution in [2.75, 3.05) is 19.9 Å². The van der Waals surface area contributed by atoms with Crippen molar-refractivity contribution in [1.82, 2.24) is 14.6 Å². The van der Waals surface area contributed by atoms with Crippen LogP contribution < -0.4 is 20.5 Å². The molecule has 168 valence electrons. The van der Waals surface area contributed by atoms with E-state index in [0.717, 1.165) is 5.56 Å². The van der Waals surface area contributed by atoms with Crippen LogP contribution in [-0.4, -0.2) is 43.5 Å². The highest BCUT2D eigenvalue weighted by atomic mass is 32.2. The Hall–Kier alpha value is -3.31. The van der Waals surface area contributed by atoms with Gasteiger partial charge in [-0.15, -0.1) is 0 Å². The molecule has 32 heavy (non-hydrogen) atoms. The number of hydrogen-bond donors (Lipinski definition) is 2.